The molecule has 1 fully saturated rings. The predicted octanol–water partition coefficient (Wildman–Crippen LogP) is 8.11. The second-order valence-electron chi connectivity index (χ2n) is 8.87. The van der Waals surface area contributed by atoms with E-state index in [-0.39, 0.29) is 5.41 Å². The summed E-state index contributed by atoms with van der Waals surface area (Å²) < 4.78 is 0. The van der Waals surface area contributed by atoms with Crippen LogP contribution >= 0.6 is 18.6 Å². The van der Waals surface area contributed by atoms with Gasteiger partial charge in [-0.25, -0.2) is 0 Å². The van der Waals surface area contributed by atoms with Crippen LogP contribution < -0.4 is 0 Å². The molecule has 3 rings (SSSR count). The molecule has 0 amide bonds. The molecule has 1 N–H and O–H groups in total. The molecule has 0 spiro atoms. The van der Waals surface area contributed by atoms with Crippen molar-refractivity contribution in [2.75, 3.05) is 0 Å². The van der Waals surface area contributed by atoms with Crippen LogP contribution in [0.15, 0.2) is 47.5 Å². The Kier molecular flexibility index (Phi) is 9.75. The van der Waals surface area contributed by atoms with Gasteiger partial charge in [0.25, 0.3) is 0 Å². The zero-order valence-corrected chi connectivity index (χ0v) is 20.8. The van der Waals surface area contributed by atoms with E-state index in [0.717, 1.165) is 22.7 Å². The number of hydrogen-bond acceptors (Lipinski definition) is 2. The molecule has 2 aromatic carbocycles. The van der Waals surface area contributed by atoms with Gasteiger partial charge in [-0.05, 0) is 59.4 Å². The van der Waals surface area contributed by atoms with E-state index in [0.29, 0.717) is 11.7 Å². The monoisotopic (exact) mass is 467 g/mol. The summed E-state index contributed by atoms with van der Waals surface area (Å²) in [5.41, 5.74) is 4.25. The van der Waals surface area contributed by atoms with Gasteiger partial charge in [0, 0.05) is 11.8 Å². The fourth-order valence-corrected chi connectivity index (χ4v) is 3.78. The molecule has 1 saturated carbocycles. The van der Waals surface area contributed by atoms with Crippen molar-refractivity contribution in [1.29, 1.82) is 0 Å². The first-order valence-corrected chi connectivity index (χ1v) is 14.5. The summed E-state index contributed by atoms with van der Waals surface area (Å²) >= 11 is -0.556. The number of halogens is 2. The second-order valence-corrected chi connectivity index (χ2v) is 11.4. The standard InChI is InChI=1S/C24H31NO.2ClH.Ti/c1-17-8-10-18(11-9-17)22-7-5-6-19(23(22)26)16-25-21-14-12-20(13-15-21)24(2,3)4;;;/h5-7,12-18,26H,8-11H2,1-4H3;2*1H;/q;;;+2/p-2. The second kappa shape index (κ2) is 11.6. The van der Waals surface area contributed by atoms with Gasteiger partial charge in [-0.1, -0.05) is 64.8 Å². The van der Waals surface area contributed by atoms with E-state index in [2.05, 4.69) is 50.9 Å². The molecule has 0 atom stereocenters. The van der Waals surface area contributed by atoms with Crippen molar-refractivity contribution in [1.82, 2.24) is 0 Å². The van der Waals surface area contributed by atoms with Gasteiger partial charge >= 0.3 is 35.6 Å². The van der Waals surface area contributed by atoms with E-state index in [4.69, 9.17) is 18.6 Å². The summed E-state index contributed by atoms with van der Waals surface area (Å²) in [5.74, 6) is 1.70. The average Bonchev–Trinajstić information content (AvgIpc) is 2.68. The van der Waals surface area contributed by atoms with Crippen LogP contribution in [0, 0.1) is 5.92 Å². The molecule has 0 unspecified atom stereocenters. The van der Waals surface area contributed by atoms with Crippen molar-refractivity contribution in [2.24, 2.45) is 10.9 Å². The van der Waals surface area contributed by atoms with Crippen LogP contribution in [0.5, 0.6) is 5.75 Å². The van der Waals surface area contributed by atoms with E-state index >= 15 is 0 Å². The van der Waals surface area contributed by atoms with Crippen LogP contribution in [0.1, 0.15) is 76.0 Å². The van der Waals surface area contributed by atoms with Crippen molar-refractivity contribution in [2.45, 2.75) is 64.7 Å². The van der Waals surface area contributed by atoms with Crippen LogP contribution in [-0.4, -0.2) is 11.3 Å². The molecule has 5 heteroatoms. The molecule has 2 nitrogen and oxygen atoms in total. The maximum absolute atomic E-state index is 10.7. The number of benzene rings is 2. The van der Waals surface area contributed by atoms with E-state index in [1.807, 2.05) is 24.3 Å². The molecule has 29 heavy (non-hydrogen) atoms. The van der Waals surface area contributed by atoms with Crippen molar-refractivity contribution >= 4 is 30.5 Å². The Balaban J connectivity index is 0.000000941. The van der Waals surface area contributed by atoms with Crippen LogP contribution in [0.2, 0.25) is 0 Å². The first-order chi connectivity index (χ1) is 13.8. The van der Waals surface area contributed by atoms with Gasteiger partial charge in [-0.15, -0.1) is 0 Å². The summed E-state index contributed by atoms with van der Waals surface area (Å²) in [6.45, 7) is 8.95. The van der Waals surface area contributed by atoms with Gasteiger partial charge in [0.15, 0.2) is 0 Å². The number of phenolic OH excluding ortho intramolecular Hbond substituents is 1. The molecular weight excluding hydrogens is 437 g/mol. The normalized spacial score (nSPS) is 19.5. The Labute approximate surface area is 192 Å². The molecule has 0 aromatic heterocycles. The van der Waals surface area contributed by atoms with Gasteiger partial charge in [0.05, 0.1) is 5.69 Å². The molecule has 1 aliphatic carbocycles. The van der Waals surface area contributed by atoms with Crippen molar-refractivity contribution < 1.29 is 22.1 Å². The van der Waals surface area contributed by atoms with Gasteiger partial charge in [-0.3, -0.25) is 4.99 Å². The fourth-order valence-electron chi connectivity index (χ4n) is 3.78. The molecule has 0 heterocycles. The first kappa shape index (κ1) is 24.5. The van der Waals surface area contributed by atoms with Crippen molar-refractivity contribution in [3.8, 4) is 5.75 Å². The summed E-state index contributed by atoms with van der Waals surface area (Å²) in [4.78, 5) is 4.57. The van der Waals surface area contributed by atoms with Crippen LogP contribution in [0.25, 0.3) is 0 Å². The Morgan fingerprint density at radius 1 is 1.00 bits per heavy atom. The Hall–Kier alpha value is -0.796. The summed E-state index contributed by atoms with van der Waals surface area (Å²) in [5, 5.41) is 10.7. The van der Waals surface area contributed by atoms with Crippen molar-refractivity contribution in [3.63, 3.8) is 0 Å². The minimum atomic E-state index is -0.556. The molecule has 2 aromatic rings. The Morgan fingerprint density at radius 3 is 2.14 bits per heavy atom. The SMILES string of the molecule is CC1CCC(c2cccc(C=Nc3ccc(C(C)(C)C)cc3)c2O)CC1.[Cl][Ti][Cl]. The molecule has 1 aliphatic rings. The molecule has 0 saturated heterocycles. The number of hydrogen-bond donors (Lipinski definition) is 1. The molecular formula is C24H31Cl2NOTi. The Bertz CT molecular complexity index is 792. The van der Waals surface area contributed by atoms with Gasteiger partial charge < -0.3 is 5.11 Å². The maximum atomic E-state index is 10.7. The average molecular weight is 468 g/mol. The summed E-state index contributed by atoms with van der Waals surface area (Å²) in [6.07, 6.45) is 6.63. The molecule has 0 radical (unpaired) electrons. The number of para-hydroxylation sites is 1. The molecule has 156 valence electrons. The quantitative estimate of drug-likeness (QED) is 0.358. The predicted molar refractivity (Wildman–Crippen MR) is 123 cm³/mol. The number of aliphatic imine (C=N–C) groups is 1. The first-order valence-electron chi connectivity index (χ1n) is 10.2. The summed E-state index contributed by atoms with van der Waals surface area (Å²) in [7, 11) is 9.78. The Morgan fingerprint density at radius 2 is 1.59 bits per heavy atom. The van der Waals surface area contributed by atoms with Gasteiger partial charge in [0.2, 0.25) is 0 Å². The summed E-state index contributed by atoms with van der Waals surface area (Å²) in [6, 6.07) is 14.4. The van der Waals surface area contributed by atoms with Crippen LogP contribution in [0.4, 0.5) is 5.69 Å². The zero-order chi connectivity index (χ0) is 21.4. The van der Waals surface area contributed by atoms with Crippen LogP contribution in [0.3, 0.4) is 0 Å². The number of nitrogens with zero attached hydrogens (tertiary/aromatic N) is 1. The zero-order valence-electron chi connectivity index (χ0n) is 17.8. The topological polar surface area (TPSA) is 32.6 Å². The van der Waals surface area contributed by atoms with E-state index < -0.39 is 17.0 Å². The van der Waals surface area contributed by atoms with E-state index in [1.54, 1.807) is 6.21 Å². The third-order valence-electron chi connectivity index (χ3n) is 5.64. The minimum absolute atomic E-state index is 0.145. The number of phenols is 1. The number of aromatic hydroxyl groups is 1. The number of rotatable bonds is 3. The van der Waals surface area contributed by atoms with Crippen LogP contribution in [-0.2, 0) is 22.4 Å². The molecule has 0 aliphatic heterocycles. The molecule has 0 bridgehead atoms. The van der Waals surface area contributed by atoms with Gasteiger partial charge in [-0.2, -0.15) is 0 Å². The van der Waals surface area contributed by atoms with Crippen molar-refractivity contribution in [3.05, 3.63) is 59.2 Å². The fraction of sp³-hybridized carbons (Fsp3) is 0.458. The third-order valence-corrected chi connectivity index (χ3v) is 5.64. The van der Waals surface area contributed by atoms with E-state index in [9.17, 15) is 5.11 Å². The van der Waals surface area contributed by atoms with Gasteiger partial charge in [0.1, 0.15) is 5.75 Å². The third kappa shape index (κ3) is 7.44. The van der Waals surface area contributed by atoms with E-state index in [1.165, 1.54) is 31.2 Å².